The summed E-state index contributed by atoms with van der Waals surface area (Å²) >= 11 is 1.70. The van der Waals surface area contributed by atoms with Crippen molar-refractivity contribution < 1.29 is 0 Å². The third kappa shape index (κ3) is 2.05. The second kappa shape index (κ2) is 4.21. The Morgan fingerprint density at radius 2 is 2.42 bits per heavy atom. The monoisotopic (exact) mass is 179 g/mol. The van der Waals surface area contributed by atoms with Crippen LogP contribution in [-0.2, 0) is 0 Å². The standard InChI is InChI=1S/C10H13NS/c1-4-9(12-3)7-10-8(2)5-6-11-10/h4-7,11H,1H2,2-3H3/b9-7+. The summed E-state index contributed by atoms with van der Waals surface area (Å²) in [7, 11) is 0. The number of hydrogen-bond acceptors (Lipinski definition) is 1. The lowest BCUT2D eigenvalue weighted by atomic mass is 10.2. The van der Waals surface area contributed by atoms with Gasteiger partial charge in [-0.25, -0.2) is 0 Å². The van der Waals surface area contributed by atoms with Gasteiger partial charge in [0, 0.05) is 16.8 Å². The molecule has 0 aliphatic heterocycles. The number of H-pyrrole nitrogens is 1. The summed E-state index contributed by atoms with van der Waals surface area (Å²) in [5.74, 6) is 0. The summed E-state index contributed by atoms with van der Waals surface area (Å²) in [6.07, 6.45) is 7.96. The van der Waals surface area contributed by atoms with Crippen LogP contribution in [0.4, 0.5) is 0 Å². The molecule has 2 heteroatoms. The molecule has 1 heterocycles. The Labute approximate surface area is 77.6 Å². The maximum atomic E-state index is 3.74. The van der Waals surface area contributed by atoms with Gasteiger partial charge < -0.3 is 4.98 Å². The maximum Gasteiger partial charge on any atom is 0.0421 e. The first kappa shape index (κ1) is 9.20. The van der Waals surface area contributed by atoms with Gasteiger partial charge in [0.2, 0.25) is 0 Å². The van der Waals surface area contributed by atoms with Crippen LogP contribution in [-0.4, -0.2) is 11.2 Å². The molecule has 0 unspecified atom stereocenters. The molecule has 0 aromatic carbocycles. The number of aromatic nitrogens is 1. The zero-order valence-electron chi connectivity index (χ0n) is 7.42. The quantitative estimate of drug-likeness (QED) is 0.704. The van der Waals surface area contributed by atoms with Crippen molar-refractivity contribution in [3.05, 3.63) is 41.1 Å². The van der Waals surface area contributed by atoms with Crippen LogP contribution in [0.3, 0.4) is 0 Å². The number of allylic oxidation sites excluding steroid dienone is 1. The van der Waals surface area contributed by atoms with E-state index in [0.29, 0.717) is 0 Å². The molecule has 0 amide bonds. The van der Waals surface area contributed by atoms with Crippen molar-refractivity contribution in [1.82, 2.24) is 4.98 Å². The molecule has 0 fully saturated rings. The molecule has 1 aromatic rings. The van der Waals surface area contributed by atoms with E-state index in [1.165, 1.54) is 16.2 Å². The zero-order valence-corrected chi connectivity index (χ0v) is 8.24. The van der Waals surface area contributed by atoms with Crippen LogP contribution in [0, 0.1) is 6.92 Å². The molecule has 64 valence electrons. The van der Waals surface area contributed by atoms with Crippen molar-refractivity contribution >= 4 is 17.8 Å². The van der Waals surface area contributed by atoms with E-state index in [1.807, 2.05) is 18.5 Å². The predicted molar refractivity (Wildman–Crippen MR) is 57.2 cm³/mol. The molecular formula is C10H13NS. The molecule has 1 aromatic heterocycles. The van der Waals surface area contributed by atoms with E-state index in [4.69, 9.17) is 0 Å². The van der Waals surface area contributed by atoms with Crippen LogP contribution in [0.25, 0.3) is 6.08 Å². The summed E-state index contributed by atoms with van der Waals surface area (Å²) < 4.78 is 0. The van der Waals surface area contributed by atoms with Gasteiger partial charge in [0.15, 0.2) is 0 Å². The van der Waals surface area contributed by atoms with Crippen molar-refractivity contribution in [2.24, 2.45) is 0 Å². The summed E-state index contributed by atoms with van der Waals surface area (Å²) in [4.78, 5) is 4.35. The molecule has 0 atom stereocenters. The Kier molecular flexibility index (Phi) is 3.23. The minimum Gasteiger partial charge on any atom is -0.361 e. The highest BCUT2D eigenvalue weighted by Crippen LogP contribution is 2.17. The highest BCUT2D eigenvalue weighted by molar-refractivity contribution is 8.02. The highest BCUT2D eigenvalue weighted by atomic mass is 32.2. The van der Waals surface area contributed by atoms with Crippen LogP contribution >= 0.6 is 11.8 Å². The number of aromatic amines is 1. The second-order valence-electron chi connectivity index (χ2n) is 2.53. The predicted octanol–water partition coefficient (Wildman–Crippen LogP) is 3.21. The lowest BCUT2D eigenvalue weighted by Gasteiger charge is -1.95. The van der Waals surface area contributed by atoms with Gasteiger partial charge >= 0.3 is 0 Å². The minimum absolute atomic E-state index is 1.17. The van der Waals surface area contributed by atoms with Gasteiger partial charge in [0.25, 0.3) is 0 Å². The topological polar surface area (TPSA) is 15.8 Å². The van der Waals surface area contributed by atoms with E-state index >= 15 is 0 Å². The second-order valence-corrected chi connectivity index (χ2v) is 3.41. The lowest BCUT2D eigenvalue weighted by Crippen LogP contribution is -1.76. The molecule has 1 N–H and O–H groups in total. The van der Waals surface area contributed by atoms with E-state index in [0.717, 1.165) is 0 Å². The van der Waals surface area contributed by atoms with Gasteiger partial charge in [-0.05, 0) is 30.9 Å². The molecule has 0 aliphatic carbocycles. The van der Waals surface area contributed by atoms with Gasteiger partial charge in [-0.3, -0.25) is 0 Å². The fraction of sp³-hybridized carbons (Fsp3) is 0.200. The van der Waals surface area contributed by atoms with E-state index < -0.39 is 0 Å². The Morgan fingerprint density at radius 1 is 1.67 bits per heavy atom. The maximum absolute atomic E-state index is 3.74. The summed E-state index contributed by atoms with van der Waals surface area (Å²) in [5.41, 5.74) is 2.43. The first-order valence-electron chi connectivity index (χ1n) is 3.80. The van der Waals surface area contributed by atoms with Crippen LogP contribution < -0.4 is 0 Å². The largest absolute Gasteiger partial charge is 0.361 e. The van der Waals surface area contributed by atoms with Crippen LogP contribution in [0.2, 0.25) is 0 Å². The first-order chi connectivity index (χ1) is 5.77. The number of aryl methyl sites for hydroxylation is 1. The van der Waals surface area contributed by atoms with Crippen molar-refractivity contribution in [2.45, 2.75) is 6.92 Å². The van der Waals surface area contributed by atoms with Gasteiger partial charge in [-0.15, -0.1) is 11.8 Å². The van der Waals surface area contributed by atoms with Gasteiger partial charge in [0.05, 0.1) is 0 Å². The minimum atomic E-state index is 1.17. The smallest absolute Gasteiger partial charge is 0.0421 e. The van der Waals surface area contributed by atoms with Gasteiger partial charge in [-0.1, -0.05) is 12.7 Å². The Bertz CT molecular complexity index is 297. The fourth-order valence-corrected chi connectivity index (χ4v) is 1.36. The lowest BCUT2D eigenvalue weighted by molar-refractivity contribution is 1.34. The van der Waals surface area contributed by atoms with Gasteiger partial charge in [-0.2, -0.15) is 0 Å². The SMILES string of the molecule is C=C/C(=C\c1[nH]ccc1C)SC. The number of rotatable bonds is 3. The van der Waals surface area contributed by atoms with E-state index in [9.17, 15) is 0 Å². The highest BCUT2D eigenvalue weighted by Gasteiger charge is 1.95. The van der Waals surface area contributed by atoms with Crippen LogP contribution in [0.1, 0.15) is 11.3 Å². The van der Waals surface area contributed by atoms with E-state index in [2.05, 4.69) is 30.6 Å². The number of thioether (sulfide) groups is 1. The van der Waals surface area contributed by atoms with Crippen molar-refractivity contribution in [1.29, 1.82) is 0 Å². The molecule has 0 bridgehead atoms. The molecule has 0 spiro atoms. The first-order valence-corrected chi connectivity index (χ1v) is 5.02. The Hall–Kier alpha value is -0.890. The summed E-state index contributed by atoms with van der Waals surface area (Å²) in [6.45, 7) is 5.83. The van der Waals surface area contributed by atoms with Gasteiger partial charge in [0.1, 0.15) is 0 Å². The van der Waals surface area contributed by atoms with Crippen molar-refractivity contribution in [2.75, 3.05) is 6.26 Å². The van der Waals surface area contributed by atoms with E-state index in [-0.39, 0.29) is 0 Å². The zero-order chi connectivity index (χ0) is 8.97. The third-order valence-electron chi connectivity index (χ3n) is 1.72. The van der Waals surface area contributed by atoms with E-state index in [1.54, 1.807) is 11.8 Å². The third-order valence-corrected chi connectivity index (χ3v) is 2.48. The molecule has 12 heavy (non-hydrogen) atoms. The van der Waals surface area contributed by atoms with Crippen molar-refractivity contribution in [3.8, 4) is 0 Å². The Balaban J connectivity index is 2.92. The summed E-state index contributed by atoms with van der Waals surface area (Å²) in [5, 5.41) is 0. The molecule has 0 saturated carbocycles. The summed E-state index contributed by atoms with van der Waals surface area (Å²) in [6, 6.07) is 2.06. The molecule has 0 radical (unpaired) electrons. The van der Waals surface area contributed by atoms with Crippen LogP contribution in [0.15, 0.2) is 29.8 Å². The average Bonchev–Trinajstić information content (AvgIpc) is 2.47. The van der Waals surface area contributed by atoms with Crippen LogP contribution in [0.5, 0.6) is 0 Å². The molecule has 1 nitrogen and oxygen atoms in total. The van der Waals surface area contributed by atoms with Crippen molar-refractivity contribution in [3.63, 3.8) is 0 Å². The molecule has 1 rings (SSSR count). The average molecular weight is 179 g/mol. The fourth-order valence-electron chi connectivity index (χ4n) is 0.959. The Morgan fingerprint density at radius 3 is 2.83 bits per heavy atom. The molecule has 0 saturated heterocycles. The molecule has 0 aliphatic rings. The molecular weight excluding hydrogens is 166 g/mol. The number of hydrogen-bond donors (Lipinski definition) is 1. The normalized spacial score (nSPS) is 11.7. The number of nitrogens with one attached hydrogen (secondary N) is 1.